The largest absolute Gasteiger partial charge is 0.464 e. The second-order valence-corrected chi connectivity index (χ2v) is 2.80. The van der Waals surface area contributed by atoms with Crippen LogP contribution in [0.3, 0.4) is 0 Å². The summed E-state index contributed by atoms with van der Waals surface area (Å²) in [6.45, 7) is 3.66. The molecule has 0 radical (unpaired) electrons. The van der Waals surface area contributed by atoms with Gasteiger partial charge in [0.2, 0.25) is 0 Å². The summed E-state index contributed by atoms with van der Waals surface area (Å²) in [6, 6.07) is 1.67. The van der Waals surface area contributed by atoms with Gasteiger partial charge in [-0.2, -0.15) is 5.26 Å². The molecule has 0 aliphatic rings. The molecule has 1 atom stereocenters. The third-order valence-corrected chi connectivity index (χ3v) is 1.39. The van der Waals surface area contributed by atoms with Crippen molar-refractivity contribution in [3.63, 3.8) is 0 Å². The molecule has 12 heavy (non-hydrogen) atoms. The molecule has 0 bridgehead atoms. The topological polar surface area (TPSA) is 76.1 Å². The zero-order valence-corrected chi connectivity index (χ0v) is 7.46. The first-order valence-corrected chi connectivity index (χ1v) is 3.92. The minimum absolute atomic E-state index is 0.337. The van der Waals surface area contributed by atoms with E-state index in [2.05, 4.69) is 0 Å². The summed E-state index contributed by atoms with van der Waals surface area (Å²) >= 11 is 0. The number of carbonyl (C=O) groups is 1. The van der Waals surface area contributed by atoms with E-state index in [0.717, 1.165) is 12.8 Å². The highest BCUT2D eigenvalue weighted by atomic mass is 16.5. The molecule has 0 spiro atoms. The first-order valence-electron chi connectivity index (χ1n) is 3.92. The van der Waals surface area contributed by atoms with Gasteiger partial charge in [0.15, 0.2) is 5.54 Å². The van der Waals surface area contributed by atoms with Crippen molar-refractivity contribution in [3.05, 3.63) is 0 Å². The van der Waals surface area contributed by atoms with Gasteiger partial charge in [-0.05, 0) is 13.3 Å². The third-order valence-electron chi connectivity index (χ3n) is 1.39. The Balaban J connectivity index is 3.82. The maximum Gasteiger partial charge on any atom is 0.340 e. The minimum atomic E-state index is -1.51. The molecule has 4 nitrogen and oxygen atoms in total. The van der Waals surface area contributed by atoms with Crippen molar-refractivity contribution in [3.8, 4) is 6.07 Å². The summed E-state index contributed by atoms with van der Waals surface area (Å²) in [7, 11) is 0. The van der Waals surface area contributed by atoms with E-state index in [0.29, 0.717) is 6.61 Å². The molecule has 0 aliphatic carbocycles. The van der Waals surface area contributed by atoms with Crippen LogP contribution in [-0.4, -0.2) is 18.1 Å². The lowest BCUT2D eigenvalue weighted by molar-refractivity contribution is -0.147. The fraction of sp³-hybridized carbons (Fsp3) is 0.750. The molecular formula is C8H14N2O2. The smallest absolute Gasteiger partial charge is 0.340 e. The molecule has 0 saturated carbocycles. The standard InChI is InChI=1S/C8H14N2O2/c1-3-4-5-12-7(11)8(2,10)6-9/h3-5,10H2,1-2H3. The van der Waals surface area contributed by atoms with Crippen LogP contribution in [0.1, 0.15) is 26.7 Å². The predicted molar refractivity (Wildman–Crippen MR) is 44.1 cm³/mol. The molecule has 0 rings (SSSR count). The van der Waals surface area contributed by atoms with Gasteiger partial charge < -0.3 is 10.5 Å². The fourth-order valence-corrected chi connectivity index (χ4v) is 0.505. The van der Waals surface area contributed by atoms with E-state index in [1.165, 1.54) is 6.92 Å². The lowest BCUT2D eigenvalue weighted by Crippen LogP contribution is -2.44. The highest BCUT2D eigenvalue weighted by molar-refractivity contribution is 5.83. The van der Waals surface area contributed by atoms with E-state index in [-0.39, 0.29) is 0 Å². The highest BCUT2D eigenvalue weighted by Gasteiger charge is 2.29. The van der Waals surface area contributed by atoms with Crippen molar-refractivity contribution in [2.45, 2.75) is 32.2 Å². The average Bonchev–Trinajstić information content (AvgIpc) is 2.05. The number of rotatable bonds is 4. The van der Waals surface area contributed by atoms with Crippen LogP contribution in [0.4, 0.5) is 0 Å². The van der Waals surface area contributed by atoms with Crippen LogP contribution in [0.2, 0.25) is 0 Å². The zero-order valence-electron chi connectivity index (χ0n) is 7.46. The number of hydrogen-bond donors (Lipinski definition) is 1. The molecule has 0 aromatic carbocycles. The van der Waals surface area contributed by atoms with Crippen LogP contribution in [0.15, 0.2) is 0 Å². The average molecular weight is 170 g/mol. The first kappa shape index (κ1) is 10.9. The monoisotopic (exact) mass is 170 g/mol. The Bertz CT molecular complexity index is 194. The summed E-state index contributed by atoms with van der Waals surface area (Å²) < 4.78 is 4.75. The van der Waals surface area contributed by atoms with Crippen LogP contribution in [0.5, 0.6) is 0 Å². The van der Waals surface area contributed by atoms with Gasteiger partial charge in [0.25, 0.3) is 0 Å². The Kier molecular flexibility index (Phi) is 4.30. The number of hydrogen-bond acceptors (Lipinski definition) is 4. The van der Waals surface area contributed by atoms with E-state index in [4.69, 9.17) is 15.7 Å². The van der Waals surface area contributed by atoms with Gasteiger partial charge in [0.05, 0.1) is 12.7 Å². The minimum Gasteiger partial charge on any atom is -0.464 e. The van der Waals surface area contributed by atoms with Crippen molar-refractivity contribution in [1.82, 2.24) is 0 Å². The summed E-state index contributed by atoms with van der Waals surface area (Å²) in [6.07, 6.45) is 1.74. The van der Waals surface area contributed by atoms with Crippen LogP contribution >= 0.6 is 0 Å². The van der Waals surface area contributed by atoms with E-state index in [1.54, 1.807) is 6.07 Å². The number of unbranched alkanes of at least 4 members (excludes halogenated alkanes) is 1. The van der Waals surface area contributed by atoms with Gasteiger partial charge >= 0.3 is 5.97 Å². The number of nitrogens with zero attached hydrogens (tertiary/aromatic N) is 1. The van der Waals surface area contributed by atoms with Crippen molar-refractivity contribution >= 4 is 5.97 Å². The molecule has 1 unspecified atom stereocenters. The lowest BCUT2D eigenvalue weighted by atomic mass is 10.1. The Hall–Kier alpha value is -1.08. The predicted octanol–water partition coefficient (Wildman–Crippen LogP) is 0.571. The van der Waals surface area contributed by atoms with Crippen LogP contribution in [0, 0.1) is 11.3 Å². The molecule has 0 fully saturated rings. The molecule has 0 aliphatic heterocycles. The molecule has 0 amide bonds. The van der Waals surface area contributed by atoms with Gasteiger partial charge in [0, 0.05) is 0 Å². The van der Waals surface area contributed by atoms with Crippen LogP contribution in [0.25, 0.3) is 0 Å². The van der Waals surface area contributed by atoms with Crippen molar-refractivity contribution in [1.29, 1.82) is 5.26 Å². The second-order valence-electron chi connectivity index (χ2n) is 2.80. The maximum atomic E-state index is 11.0. The van der Waals surface area contributed by atoms with Crippen molar-refractivity contribution in [2.24, 2.45) is 5.73 Å². The Labute approximate surface area is 72.3 Å². The lowest BCUT2D eigenvalue weighted by Gasteiger charge is -2.13. The van der Waals surface area contributed by atoms with E-state index < -0.39 is 11.5 Å². The molecule has 0 saturated heterocycles. The van der Waals surface area contributed by atoms with E-state index in [9.17, 15) is 4.79 Å². The summed E-state index contributed by atoms with van der Waals surface area (Å²) in [5.41, 5.74) is 3.80. The summed E-state index contributed by atoms with van der Waals surface area (Å²) in [5, 5.41) is 8.45. The SMILES string of the molecule is CCCCOC(=O)C(C)(N)C#N. The molecule has 4 heteroatoms. The molecule has 0 aromatic rings. The number of nitrogens with two attached hydrogens (primary N) is 1. The Morgan fingerprint density at radius 1 is 1.75 bits per heavy atom. The number of nitriles is 1. The molecule has 0 heterocycles. The van der Waals surface area contributed by atoms with Gasteiger partial charge in [-0.3, -0.25) is 0 Å². The number of ether oxygens (including phenoxy) is 1. The van der Waals surface area contributed by atoms with E-state index >= 15 is 0 Å². The maximum absolute atomic E-state index is 11.0. The number of esters is 1. The fourth-order valence-electron chi connectivity index (χ4n) is 0.505. The molecular weight excluding hydrogens is 156 g/mol. The van der Waals surface area contributed by atoms with Gasteiger partial charge in [0.1, 0.15) is 0 Å². The Morgan fingerprint density at radius 3 is 2.75 bits per heavy atom. The van der Waals surface area contributed by atoms with Gasteiger partial charge in [-0.15, -0.1) is 0 Å². The van der Waals surface area contributed by atoms with E-state index in [1.807, 2.05) is 6.92 Å². The van der Waals surface area contributed by atoms with Crippen LogP contribution < -0.4 is 5.73 Å². The summed E-state index contributed by atoms with van der Waals surface area (Å²) in [4.78, 5) is 11.0. The highest BCUT2D eigenvalue weighted by Crippen LogP contribution is 2.01. The zero-order chi connectivity index (χ0) is 9.61. The van der Waals surface area contributed by atoms with Crippen molar-refractivity contribution in [2.75, 3.05) is 6.61 Å². The molecule has 68 valence electrons. The summed E-state index contributed by atoms with van der Waals surface area (Å²) in [5.74, 6) is -0.654. The molecule has 0 aromatic heterocycles. The van der Waals surface area contributed by atoms with Gasteiger partial charge in [-0.25, -0.2) is 4.79 Å². The first-order chi connectivity index (χ1) is 5.54. The van der Waals surface area contributed by atoms with Crippen molar-refractivity contribution < 1.29 is 9.53 Å². The van der Waals surface area contributed by atoms with Gasteiger partial charge in [-0.1, -0.05) is 13.3 Å². The quantitative estimate of drug-likeness (QED) is 0.494. The van der Waals surface area contributed by atoms with Crippen LogP contribution in [-0.2, 0) is 9.53 Å². The Morgan fingerprint density at radius 2 is 2.33 bits per heavy atom. The normalized spacial score (nSPS) is 14.5. The second kappa shape index (κ2) is 4.73. The number of carbonyl (C=O) groups excluding carboxylic acids is 1. The molecule has 2 N–H and O–H groups in total. The third kappa shape index (κ3) is 3.35.